The Morgan fingerprint density at radius 1 is 1.67 bits per heavy atom. The third kappa shape index (κ3) is 7.77. The Morgan fingerprint density at radius 2 is 2.25 bits per heavy atom. The summed E-state index contributed by atoms with van der Waals surface area (Å²) in [7, 11) is 3.68. The van der Waals surface area contributed by atoms with Crippen molar-refractivity contribution in [3.8, 4) is 0 Å². The van der Waals surface area contributed by atoms with Crippen LogP contribution in [0.15, 0.2) is 0 Å². The lowest BCUT2D eigenvalue weighted by Gasteiger charge is -2.10. The van der Waals surface area contributed by atoms with Gasteiger partial charge in [0, 0.05) is 0 Å². The van der Waals surface area contributed by atoms with Gasteiger partial charge in [0.1, 0.15) is 6.73 Å². The van der Waals surface area contributed by atoms with E-state index >= 15 is 0 Å². The molecule has 70 valence electrons. The molecule has 0 radical (unpaired) electrons. The highest BCUT2D eigenvalue weighted by Gasteiger charge is 2.03. The highest BCUT2D eigenvalue weighted by atomic mass is 32.2. The second-order valence-corrected chi connectivity index (χ2v) is 3.86. The van der Waals surface area contributed by atoms with Crippen LogP contribution in [0.3, 0.4) is 0 Å². The van der Waals surface area contributed by atoms with Gasteiger partial charge in [0.25, 0.3) is 0 Å². The van der Waals surface area contributed by atoms with Gasteiger partial charge in [-0.25, -0.2) is 0 Å². The first kappa shape index (κ1) is 11.7. The van der Waals surface area contributed by atoms with E-state index in [2.05, 4.69) is 0 Å². The number of carboxylic acids is 1. The van der Waals surface area contributed by atoms with Gasteiger partial charge in [0.2, 0.25) is 4.38 Å². The summed E-state index contributed by atoms with van der Waals surface area (Å²) in [5.41, 5.74) is 0. The summed E-state index contributed by atoms with van der Waals surface area (Å²) >= 11 is 5.75. The van der Waals surface area contributed by atoms with E-state index in [0.717, 1.165) is 11.8 Å². The Kier molecular flexibility index (Phi) is 6.04. The summed E-state index contributed by atoms with van der Waals surface area (Å²) in [5.74, 6) is -0.942. The zero-order chi connectivity index (χ0) is 9.56. The van der Waals surface area contributed by atoms with Crippen molar-refractivity contribution in [1.82, 2.24) is 4.90 Å². The third-order valence-corrected chi connectivity index (χ3v) is 1.97. The molecule has 4 nitrogen and oxygen atoms in total. The maximum atomic E-state index is 10.1. The minimum absolute atomic E-state index is 0.0493. The van der Waals surface area contributed by atoms with Crippen molar-refractivity contribution in [3.63, 3.8) is 0 Å². The van der Waals surface area contributed by atoms with Gasteiger partial charge in [-0.3, -0.25) is 9.69 Å². The molecule has 0 rings (SSSR count). The molecule has 0 aliphatic heterocycles. The molecule has 0 aromatic rings. The lowest BCUT2D eigenvalue weighted by molar-refractivity contribution is -0.133. The zero-order valence-corrected chi connectivity index (χ0v) is 8.57. The molecule has 0 aromatic carbocycles. The SMILES string of the molecule is CN(C)COC(=S)SCC(=O)O. The van der Waals surface area contributed by atoms with Crippen molar-refractivity contribution >= 4 is 34.3 Å². The monoisotopic (exact) mass is 209 g/mol. The van der Waals surface area contributed by atoms with Gasteiger partial charge in [0.05, 0.1) is 5.75 Å². The number of ether oxygens (including phenoxy) is 1. The fraction of sp³-hybridized carbons (Fsp3) is 0.667. The second-order valence-electron chi connectivity index (χ2n) is 2.29. The van der Waals surface area contributed by atoms with E-state index in [0.29, 0.717) is 6.73 Å². The van der Waals surface area contributed by atoms with E-state index in [4.69, 9.17) is 22.1 Å². The average Bonchev–Trinajstić information content (AvgIpc) is 1.96. The van der Waals surface area contributed by atoms with Crippen LogP contribution in [0.2, 0.25) is 0 Å². The summed E-state index contributed by atoms with van der Waals surface area (Å²) in [6, 6.07) is 0. The van der Waals surface area contributed by atoms with Crippen LogP contribution in [0.1, 0.15) is 0 Å². The molecule has 12 heavy (non-hydrogen) atoms. The Morgan fingerprint density at radius 3 is 2.67 bits per heavy atom. The molecule has 0 saturated heterocycles. The summed E-state index contributed by atoms with van der Waals surface area (Å²) < 4.78 is 5.28. The smallest absolute Gasteiger partial charge is 0.313 e. The predicted molar refractivity (Wildman–Crippen MR) is 52.3 cm³/mol. The highest BCUT2D eigenvalue weighted by Crippen LogP contribution is 2.05. The van der Waals surface area contributed by atoms with Crippen molar-refractivity contribution in [3.05, 3.63) is 0 Å². The number of hydrogen-bond acceptors (Lipinski definition) is 5. The van der Waals surface area contributed by atoms with E-state index in [1.807, 2.05) is 14.1 Å². The lowest BCUT2D eigenvalue weighted by atomic mass is 10.8. The van der Waals surface area contributed by atoms with Gasteiger partial charge in [-0.15, -0.1) is 0 Å². The number of thiocarbonyl (C=S) groups is 1. The summed E-state index contributed by atoms with van der Waals surface area (Å²) in [6.45, 7) is 0.380. The number of hydrogen-bond donors (Lipinski definition) is 1. The van der Waals surface area contributed by atoms with Crippen LogP contribution in [0.4, 0.5) is 0 Å². The lowest BCUT2D eigenvalue weighted by Crippen LogP contribution is -2.18. The first-order chi connectivity index (χ1) is 5.52. The molecule has 0 bridgehead atoms. The van der Waals surface area contributed by atoms with Crippen LogP contribution < -0.4 is 0 Å². The maximum absolute atomic E-state index is 10.1. The molecule has 0 aliphatic carbocycles. The third-order valence-electron chi connectivity index (χ3n) is 0.754. The van der Waals surface area contributed by atoms with Gasteiger partial charge in [-0.05, 0) is 26.3 Å². The Balaban J connectivity index is 3.40. The molecule has 1 N–H and O–H groups in total. The minimum atomic E-state index is -0.893. The molecule has 0 atom stereocenters. The molecule has 0 aromatic heterocycles. The number of nitrogens with zero attached hydrogens (tertiary/aromatic N) is 1. The Hall–Kier alpha value is -0.330. The van der Waals surface area contributed by atoms with Gasteiger partial charge in [-0.1, -0.05) is 11.8 Å². The van der Waals surface area contributed by atoms with Crippen molar-refractivity contribution < 1.29 is 14.6 Å². The maximum Gasteiger partial charge on any atom is 0.313 e. The molecule has 0 heterocycles. The topological polar surface area (TPSA) is 49.8 Å². The molecule has 0 unspecified atom stereocenters. The first-order valence-electron chi connectivity index (χ1n) is 3.18. The molecule has 6 heteroatoms. The van der Waals surface area contributed by atoms with E-state index < -0.39 is 5.97 Å². The molecular formula is C6H11NO3S2. The molecule has 0 fully saturated rings. The van der Waals surface area contributed by atoms with E-state index in [1.165, 1.54) is 0 Å². The number of rotatable bonds is 4. The first-order valence-corrected chi connectivity index (χ1v) is 4.58. The van der Waals surface area contributed by atoms with Crippen LogP contribution in [-0.2, 0) is 9.53 Å². The quantitative estimate of drug-likeness (QED) is 0.541. The summed E-state index contributed by atoms with van der Waals surface area (Å²) in [5, 5.41) is 8.29. The number of aliphatic carboxylic acids is 1. The van der Waals surface area contributed by atoms with E-state index in [9.17, 15) is 4.79 Å². The normalized spacial score (nSPS) is 9.92. The second kappa shape index (κ2) is 6.22. The average molecular weight is 209 g/mol. The molecule has 0 saturated carbocycles. The highest BCUT2D eigenvalue weighted by molar-refractivity contribution is 8.22. The van der Waals surface area contributed by atoms with Crippen molar-refractivity contribution in [2.75, 3.05) is 26.6 Å². The molecule has 0 aliphatic rings. The van der Waals surface area contributed by atoms with Crippen molar-refractivity contribution in [2.45, 2.75) is 0 Å². The standard InChI is InChI=1S/C6H11NO3S2/c1-7(2)4-10-6(11)12-3-5(8)9/h3-4H2,1-2H3,(H,8,9). The number of thioether (sulfide) groups is 1. The van der Waals surface area contributed by atoms with Crippen molar-refractivity contribution in [2.24, 2.45) is 0 Å². The fourth-order valence-electron chi connectivity index (χ4n) is 0.344. The van der Waals surface area contributed by atoms with Gasteiger partial charge >= 0.3 is 5.97 Å². The minimum Gasteiger partial charge on any atom is -0.481 e. The molecule has 0 spiro atoms. The van der Waals surface area contributed by atoms with Gasteiger partial charge in [0.15, 0.2) is 0 Å². The molecule has 0 amide bonds. The number of carboxylic acid groups (broad SMARTS) is 1. The summed E-state index contributed by atoms with van der Waals surface area (Å²) in [4.78, 5) is 11.9. The van der Waals surface area contributed by atoms with Crippen LogP contribution in [0.5, 0.6) is 0 Å². The van der Waals surface area contributed by atoms with Crippen LogP contribution in [0.25, 0.3) is 0 Å². The van der Waals surface area contributed by atoms with E-state index in [1.54, 1.807) is 4.90 Å². The largest absolute Gasteiger partial charge is 0.481 e. The summed E-state index contributed by atoms with van der Waals surface area (Å²) in [6.07, 6.45) is 0. The van der Waals surface area contributed by atoms with Crippen LogP contribution in [-0.4, -0.2) is 46.9 Å². The van der Waals surface area contributed by atoms with Crippen LogP contribution in [0, 0.1) is 0 Å². The fourth-order valence-corrected chi connectivity index (χ4v) is 0.951. The zero-order valence-electron chi connectivity index (χ0n) is 6.94. The Bertz CT molecular complexity index is 172. The molecular weight excluding hydrogens is 198 g/mol. The Labute approximate surface area is 80.9 Å². The van der Waals surface area contributed by atoms with Gasteiger partial charge < -0.3 is 9.84 Å². The number of carbonyl (C=O) groups is 1. The van der Waals surface area contributed by atoms with Crippen molar-refractivity contribution in [1.29, 1.82) is 0 Å². The van der Waals surface area contributed by atoms with Gasteiger partial charge in [-0.2, -0.15) is 0 Å². The predicted octanol–water partition coefficient (Wildman–Crippen LogP) is 0.625. The van der Waals surface area contributed by atoms with Crippen LogP contribution >= 0.6 is 24.0 Å². The van der Waals surface area contributed by atoms with E-state index in [-0.39, 0.29) is 10.1 Å².